The van der Waals surface area contributed by atoms with Crippen molar-refractivity contribution < 1.29 is 14.4 Å². The monoisotopic (exact) mass is 319 g/mol. The number of amides is 2. The zero-order valence-corrected chi connectivity index (χ0v) is 14.2. The molecule has 0 spiro atoms. The van der Waals surface area contributed by atoms with Crippen molar-refractivity contribution in [1.29, 1.82) is 0 Å². The van der Waals surface area contributed by atoms with Crippen molar-refractivity contribution in [1.82, 2.24) is 10.2 Å². The summed E-state index contributed by atoms with van der Waals surface area (Å²) in [4.78, 5) is 36.5. The molecule has 1 aromatic carbocycles. The maximum atomic E-state index is 11.9. The summed E-state index contributed by atoms with van der Waals surface area (Å²) in [5, 5.41) is 5.58. The average Bonchev–Trinajstić information content (AvgIpc) is 2.44. The predicted molar refractivity (Wildman–Crippen MR) is 90.5 cm³/mol. The van der Waals surface area contributed by atoms with Gasteiger partial charge in [-0.3, -0.25) is 19.3 Å². The summed E-state index contributed by atoms with van der Waals surface area (Å²) < 4.78 is 0. The number of anilines is 1. The minimum atomic E-state index is -0.128. The smallest absolute Gasteiger partial charge is 0.234 e. The first-order chi connectivity index (χ1) is 10.8. The van der Waals surface area contributed by atoms with Crippen LogP contribution in [0.3, 0.4) is 0 Å². The van der Waals surface area contributed by atoms with Gasteiger partial charge in [-0.1, -0.05) is 0 Å². The van der Waals surface area contributed by atoms with Crippen molar-refractivity contribution in [3.8, 4) is 0 Å². The molecular formula is C17H25N3O3. The Hall–Kier alpha value is -2.21. The number of Topliss-reactive ketones (excluding diaryl/α,β-unsaturated/α-hetero) is 1. The Kier molecular flexibility index (Phi) is 7.41. The van der Waals surface area contributed by atoms with Crippen molar-refractivity contribution >= 4 is 23.3 Å². The molecule has 6 heteroatoms. The van der Waals surface area contributed by atoms with Crippen molar-refractivity contribution in [3.05, 3.63) is 29.8 Å². The van der Waals surface area contributed by atoms with Crippen LogP contribution in [-0.2, 0) is 9.59 Å². The molecule has 0 aliphatic carbocycles. The predicted octanol–water partition coefficient (Wildman–Crippen LogP) is 1.67. The first-order valence-corrected chi connectivity index (χ1v) is 7.66. The van der Waals surface area contributed by atoms with Gasteiger partial charge in [0.05, 0.1) is 6.54 Å². The second-order valence-corrected chi connectivity index (χ2v) is 5.89. The Morgan fingerprint density at radius 3 is 2.22 bits per heavy atom. The molecule has 0 radical (unpaired) electrons. The summed E-state index contributed by atoms with van der Waals surface area (Å²) in [6.45, 7) is 6.06. The molecule has 2 N–H and O–H groups in total. The van der Waals surface area contributed by atoms with Gasteiger partial charge in [-0.05, 0) is 52.1 Å². The number of benzene rings is 1. The summed E-state index contributed by atoms with van der Waals surface area (Å²) in [5.41, 5.74) is 1.26. The van der Waals surface area contributed by atoms with E-state index in [0.717, 1.165) is 0 Å². The van der Waals surface area contributed by atoms with Gasteiger partial charge in [0, 0.05) is 30.3 Å². The molecule has 0 heterocycles. The maximum absolute atomic E-state index is 11.9. The van der Waals surface area contributed by atoms with Crippen LogP contribution in [0.2, 0.25) is 0 Å². The molecule has 0 aliphatic rings. The highest BCUT2D eigenvalue weighted by molar-refractivity contribution is 5.95. The average molecular weight is 319 g/mol. The molecule has 1 aromatic rings. The number of rotatable bonds is 8. The van der Waals surface area contributed by atoms with Crippen LogP contribution in [0.25, 0.3) is 0 Å². The van der Waals surface area contributed by atoms with Crippen molar-refractivity contribution in [2.75, 3.05) is 25.5 Å². The first-order valence-electron chi connectivity index (χ1n) is 7.66. The minimum Gasteiger partial charge on any atom is -0.353 e. The number of carbonyl (C=O) groups excluding carboxylic acids is 3. The van der Waals surface area contributed by atoms with E-state index < -0.39 is 0 Å². The standard InChI is InChI=1S/C17H25N3O3/c1-12(2)18-17(23)11-20(4)10-9-16(22)19-15-7-5-14(6-8-15)13(3)21/h5-8,12H,9-11H2,1-4H3,(H,18,23)(H,19,22). The van der Waals surface area contributed by atoms with Crippen molar-refractivity contribution in [2.45, 2.75) is 33.2 Å². The molecule has 0 bridgehead atoms. The highest BCUT2D eigenvalue weighted by Crippen LogP contribution is 2.10. The normalized spacial score (nSPS) is 10.7. The fourth-order valence-corrected chi connectivity index (χ4v) is 2.00. The summed E-state index contributed by atoms with van der Waals surface area (Å²) in [6.07, 6.45) is 0.292. The molecule has 1 rings (SSSR count). The largest absolute Gasteiger partial charge is 0.353 e. The minimum absolute atomic E-state index is 0.0100. The van der Waals surface area contributed by atoms with Crippen molar-refractivity contribution in [3.63, 3.8) is 0 Å². The zero-order chi connectivity index (χ0) is 17.4. The molecule has 23 heavy (non-hydrogen) atoms. The number of hydrogen-bond donors (Lipinski definition) is 2. The van der Waals surface area contributed by atoms with Gasteiger partial charge in [0.25, 0.3) is 0 Å². The number of likely N-dealkylation sites (N-methyl/N-ethyl adjacent to an activating group) is 1. The lowest BCUT2D eigenvalue weighted by Crippen LogP contribution is -2.39. The fourth-order valence-electron chi connectivity index (χ4n) is 2.00. The Balaban J connectivity index is 2.36. The summed E-state index contributed by atoms with van der Waals surface area (Å²) >= 11 is 0. The van der Waals surface area contributed by atoms with Gasteiger partial charge < -0.3 is 10.6 Å². The molecule has 0 aromatic heterocycles. The van der Waals surface area contributed by atoms with E-state index in [9.17, 15) is 14.4 Å². The van der Waals surface area contributed by atoms with Gasteiger partial charge in [-0.2, -0.15) is 0 Å². The molecule has 0 unspecified atom stereocenters. The van der Waals surface area contributed by atoms with E-state index in [1.807, 2.05) is 13.8 Å². The summed E-state index contributed by atoms with van der Waals surface area (Å²) in [6, 6.07) is 6.88. The van der Waals surface area contributed by atoms with Gasteiger partial charge >= 0.3 is 0 Å². The maximum Gasteiger partial charge on any atom is 0.234 e. The number of nitrogens with zero attached hydrogens (tertiary/aromatic N) is 1. The Bertz CT molecular complexity index is 553. The Morgan fingerprint density at radius 1 is 1.09 bits per heavy atom. The number of nitrogens with one attached hydrogen (secondary N) is 2. The lowest BCUT2D eigenvalue weighted by Gasteiger charge is -2.17. The Labute approximate surface area is 137 Å². The van der Waals surface area contributed by atoms with Crippen LogP contribution < -0.4 is 10.6 Å². The van der Waals surface area contributed by atoms with E-state index in [1.54, 1.807) is 36.2 Å². The number of ketones is 1. The van der Waals surface area contributed by atoms with Gasteiger partial charge in [0.15, 0.2) is 5.78 Å². The lowest BCUT2D eigenvalue weighted by atomic mass is 10.1. The second kappa shape index (κ2) is 9.05. The van der Waals surface area contributed by atoms with Crippen LogP contribution in [0.15, 0.2) is 24.3 Å². The zero-order valence-electron chi connectivity index (χ0n) is 14.2. The summed E-state index contributed by atoms with van der Waals surface area (Å²) in [5.74, 6) is -0.191. The van der Waals surface area contributed by atoms with Crippen molar-refractivity contribution in [2.24, 2.45) is 0 Å². The molecule has 0 saturated heterocycles. The number of carbonyl (C=O) groups is 3. The van der Waals surface area contributed by atoms with Gasteiger partial charge in [0.1, 0.15) is 0 Å². The molecule has 0 fully saturated rings. The third-order valence-corrected chi connectivity index (χ3v) is 3.16. The van der Waals surface area contributed by atoms with E-state index in [2.05, 4.69) is 10.6 Å². The van der Waals surface area contributed by atoms with Crippen LogP contribution >= 0.6 is 0 Å². The molecule has 0 saturated carbocycles. The fraction of sp³-hybridized carbons (Fsp3) is 0.471. The molecule has 6 nitrogen and oxygen atoms in total. The van der Waals surface area contributed by atoms with E-state index in [0.29, 0.717) is 24.2 Å². The highest BCUT2D eigenvalue weighted by atomic mass is 16.2. The van der Waals surface area contributed by atoms with E-state index in [-0.39, 0.29) is 30.2 Å². The van der Waals surface area contributed by atoms with Crippen LogP contribution in [-0.4, -0.2) is 48.7 Å². The topological polar surface area (TPSA) is 78.5 Å². The van der Waals surface area contributed by atoms with Gasteiger partial charge in [0.2, 0.25) is 11.8 Å². The van der Waals surface area contributed by atoms with Crippen LogP contribution in [0.1, 0.15) is 37.6 Å². The van der Waals surface area contributed by atoms with E-state index in [4.69, 9.17) is 0 Å². The third kappa shape index (κ3) is 7.56. The number of hydrogen-bond acceptors (Lipinski definition) is 4. The molecule has 0 aliphatic heterocycles. The first kappa shape index (κ1) is 18.8. The van der Waals surface area contributed by atoms with Crippen LogP contribution in [0.4, 0.5) is 5.69 Å². The lowest BCUT2D eigenvalue weighted by molar-refractivity contribution is -0.123. The second-order valence-electron chi connectivity index (χ2n) is 5.89. The van der Waals surface area contributed by atoms with Crippen LogP contribution in [0, 0.1) is 0 Å². The third-order valence-electron chi connectivity index (χ3n) is 3.16. The quantitative estimate of drug-likeness (QED) is 0.715. The van der Waals surface area contributed by atoms with Crippen LogP contribution in [0.5, 0.6) is 0 Å². The molecule has 2 amide bonds. The molecule has 126 valence electrons. The highest BCUT2D eigenvalue weighted by Gasteiger charge is 2.10. The van der Waals surface area contributed by atoms with E-state index in [1.165, 1.54) is 6.92 Å². The summed E-state index contributed by atoms with van der Waals surface area (Å²) in [7, 11) is 1.80. The van der Waals surface area contributed by atoms with E-state index >= 15 is 0 Å². The Morgan fingerprint density at radius 2 is 1.70 bits per heavy atom. The molecular weight excluding hydrogens is 294 g/mol. The van der Waals surface area contributed by atoms with Gasteiger partial charge in [-0.25, -0.2) is 0 Å². The SMILES string of the molecule is CC(=O)c1ccc(NC(=O)CCN(C)CC(=O)NC(C)C)cc1. The van der Waals surface area contributed by atoms with Gasteiger partial charge in [-0.15, -0.1) is 0 Å². The molecule has 0 atom stereocenters.